The van der Waals surface area contributed by atoms with Crippen molar-refractivity contribution in [3.05, 3.63) is 29.8 Å². The monoisotopic (exact) mass is 414 g/mol. The molecule has 0 aliphatic carbocycles. The summed E-state index contributed by atoms with van der Waals surface area (Å²) in [5, 5.41) is 3.15. The van der Waals surface area contributed by atoms with E-state index in [1.54, 1.807) is 31.4 Å². The van der Waals surface area contributed by atoms with Crippen LogP contribution < -0.4 is 16.2 Å². The minimum Gasteiger partial charge on any atom is -0.383 e. The highest BCUT2D eigenvalue weighted by Crippen LogP contribution is 2.24. The summed E-state index contributed by atoms with van der Waals surface area (Å²) in [6.45, 7) is 3.46. The fraction of sp³-hybridized carbons (Fsp3) is 0.529. The second kappa shape index (κ2) is 9.98. The first-order valence-electron chi connectivity index (χ1n) is 8.74. The van der Waals surface area contributed by atoms with Gasteiger partial charge in [-0.05, 0) is 44.1 Å². The lowest BCUT2D eigenvalue weighted by Gasteiger charge is -2.31. The number of thiocarbonyl (C=S) groups is 1. The molecule has 2 rings (SSSR count). The number of sulfonamides is 1. The molecule has 0 unspecified atom stereocenters. The van der Waals surface area contributed by atoms with Gasteiger partial charge in [-0.15, -0.1) is 0 Å². The zero-order chi connectivity index (χ0) is 19.9. The third-order valence-electron chi connectivity index (χ3n) is 4.30. The van der Waals surface area contributed by atoms with Crippen LogP contribution in [0.3, 0.4) is 0 Å². The Morgan fingerprint density at radius 2 is 2.00 bits per heavy atom. The van der Waals surface area contributed by atoms with Crippen molar-refractivity contribution in [2.75, 3.05) is 33.4 Å². The number of nitrogens with one attached hydrogen (secondary N) is 3. The van der Waals surface area contributed by atoms with Crippen LogP contribution in [0.2, 0.25) is 0 Å². The van der Waals surface area contributed by atoms with Crippen LogP contribution in [0.4, 0.5) is 0 Å². The first-order valence-corrected chi connectivity index (χ1v) is 10.6. The Balaban J connectivity index is 1.92. The Morgan fingerprint density at radius 3 is 2.67 bits per heavy atom. The van der Waals surface area contributed by atoms with E-state index in [1.807, 2.05) is 6.92 Å². The summed E-state index contributed by atoms with van der Waals surface area (Å²) >= 11 is 5.05. The van der Waals surface area contributed by atoms with Crippen LogP contribution in [-0.4, -0.2) is 57.1 Å². The van der Waals surface area contributed by atoms with Gasteiger partial charge < -0.3 is 10.1 Å². The number of ether oxygens (including phenoxy) is 1. The summed E-state index contributed by atoms with van der Waals surface area (Å²) in [6.07, 6.45) is 1.25. The molecule has 1 atom stereocenters. The second-order valence-electron chi connectivity index (χ2n) is 6.38. The molecule has 1 amide bonds. The second-order valence-corrected chi connectivity index (χ2v) is 8.72. The minimum atomic E-state index is -3.61. The van der Waals surface area contributed by atoms with Crippen molar-refractivity contribution in [3.63, 3.8) is 0 Å². The van der Waals surface area contributed by atoms with Gasteiger partial charge in [0.1, 0.15) is 0 Å². The molecule has 10 heteroatoms. The van der Waals surface area contributed by atoms with Crippen molar-refractivity contribution in [1.82, 2.24) is 20.5 Å². The Labute approximate surface area is 165 Å². The highest BCUT2D eigenvalue weighted by Gasteiger charge is 2.33. The predicted molar refractivity (Wildman–Crippen MR) is 106 cm³/mol. The van der Waals surface area contributed by atoms with Gasteiger partial charge in [-0.3, -0.25) is 15.6 Å². The lowest BCUT2D eigenvalue weighted by molar-refractivity contribution is -0.126. The Hall–Kier alpha value is -1.75. The summed E-state index contributed by atoms with van der Waals surface area (Å²) in [5.74, 6) is -0.719. The average molecular weight is 415 g/mol. The molecule has 1 saturated heterocycles. The summed E-state index contributed by atoms with van der Waals surface area (Å²) in [6, 6.07) is 6.73. The van der Waals surface area contributed by atoms with Crippen LogP contribution in [0.1, 0.15) is 18.4 Å². The van der Waals surface area contributed by atoms with Gasteiger partial charge in [0.2, 0.25) is 15.9 Å². The van der Waals surface area contributed by atoms with E-state index in [0.29, 0.717) is 32.5 Å². The fourth-order valence-corrected chi connectivity index (χ4v) is 4.44. The van der Waals surface area contributed by atoms with Crippen LogP contribution in [-0.2, 0) is 19.6 Å². The first kappa shape index (κ1) is 21.5. The number of benzene rings is 1. The van der Waals surface area contributed by atoms with E-state index < -0.39 is 15.9 Å². The van der Waals surface area contributed by atoms with Crippen LogP contribution in [0.5, 0.6) is 0 Å². The average Bonchev–Trinajstić information content (AvgIpc) is 2.67. The highest BCUT2D eigenvalue weighted by atomic mass is 32.2. The zero-order valence-electron chi connectivity index (χ0n) is 15.5. The number of aryl methyl sites for hydroxylation is 1. The van der Waals surface area contributed by atoms with Gasteiger partial charge >= 0.3 is 0 Å². The number of carbonyl (C=O) groups is 1. The molecule has 0 bridgehead atoms. The maximum Gasteiger partial charge on any atom is 0.243 e. The molecule has 1 aliphatic heterocycles. The maximum atomic E-state index is 12.8. The van der Waals surface area contributed by atoms with Crippen LogP contribution in [0.15, 0.2) is 29.2 Å². The van der Waals surface area contributed by atoms with E-state index in [2.05, 4.69) is 16.2 Å². The van der Waals surface area contributed by atoms with E-state index in [1.165, 1.54) is 4.31 Å². The number of nitrogens with zero attached hydrogens (tertiary/aromatic N) is 1. The Morgan fingerprint density at radius 1 is 1.30 bits per heavy atom. The van der Waals surface area contributed by atoms with Crippen molar-refractivity contribution in [1.29, 1.82) is 0 Å². The smallest absolute Gasteiger partial charge is 0.243 e. The molecule has 0 saturated carbocycles. The number of carbonyl (C=O) groups excluding carboxylic acids is 1. The largest absolute Gasteiger partial charge is 0.383 e. The van der Waals surface area contributed by atoms with Gasteiger partial charge in [-0.25, -0.2) is 8.42 Å². The minimum absolute atomic E-state index is 0.146. The molecule has 0 spiro atoms. The van der Waals surface area contributed by atoms with E-state index in [-0.39, 0.29) is 22.5 Å². The van der Waals surface area contributed by atoms with Gasteiger partial charge in [0.25, 0.3) is 0 Å². The third-order valence-corrected chi connectivity index (χ3v) is 6.43. The lowest BCUT2D eigenvalue weighted by Crippen LogP contribution is -2.52. The topological polar surface area (TPSA) is 99.8 Å². The van der Waals surface area contributed by atoms with Gasteiger partial charge in [-0.2, -0.15) is 4.31 Å². The van der Waals surface area contributed by atoms with Crippen molar-refractivity contribution in [3.8, 4) is 0 Å². The molecule has 8 nitrogen and oxygen atoms in total. The summed E-state index contributed by atoms with van der Waals surface area (Å²) in [5.41, 5.74) is 6.16. The molecule has 3 N–H and O–H groups in total. The van der Waals surface area contributed by atoms with Gasteiger partial charge in [0.15, 0.2) is 5.11 Å². The van der Waals surface area contributed by atoms with E-state index in [0.717, 1.165) is 5.56 Å². The molecule has 0 radical (unpaired) electrons. The summed E-state index contributed by atoms with van der Waals surface area (Å²) in [7, 11) is -2.03. The van der Waals surface area contributed by atoms with Crippen molar-refractivity contribution in [2.45, 2.75) is 24.7 Å². The summed E-state index contributed by atoms with van der Waals surface area (Å²) < 4.78 is 31.9. The Bertz CT molecular complexity index is 753. The molecule has 1 fully saturated rings. The number of methoxy groups -OCH3 is 1. The van der Waals surface area contributed by atoms with E-state index >= 15 is 0 Å². The lowest BCUT2D eigenvalue weighted by atomic mass is 9.99. The number of rotatable bonds is 6. The normalized spacial score (nSPS) is 17.9. The molecular weight excluding hydrogens is 388 g/mol. The van der Waals surface area contributed by atoms with Crippen molar-refractivity contribution < 1.29 is 17.9 Å². The molecule has 1 heterocycles. The molecule has 27 heavy (non-hydrogen) atoms. The van der Waals surface area contributed by atoms with E-state index in [4.69, 9.17) is 17.0 Å². The molecule has 1 aromatic rings. The third kappa shape index (κ3) is 6.13. The predicted octanol–water partition coefficient (Wildman–Crippen LogP) is 0.537. The van der Waals surface area contributed by atoms with Crippen molar-refractivity contribution in [2.24, 2.45) is 5.92 Å². The van der Waals surface area contributed by atoms with Crippen LogP contribution >= 0.6 is 12.2 Å². The quantitative estimate of drug-likeness (QED) is 0.355. The molecule has 0 aromatic heterocycles. The van der Waals surface area contributed by atoms with Crippen LogP contribution in [0.25, 0.3) is 0 Å². The highest BCUT2D eigenvalue weighted by molar-refractivity contribution is 7.89. The summed E-state index contributed by atoms with van der Waals surface area (Å²) in [4.78, 5) is 12.6. The molecule has 150 valence electrons. The fourth-order valence-electron chi connectivity index (χ4n) is 2.77. The SMILES string of the molecule is COCCNC(=S)NNC(=O)[C@H]1CCCN(S(=O)(=O)c2ccc(C)cc2)C1. The number of amides is 1. The first-order chi connectivity index (χ1) is 12.8. The number of hydrogen-bond donors (Lipinski definition) is 3. The Kier molecular flexibility index (Phi) is 7.96. The zero-order valence-corrected chi connectivity index (χ0v) is 17.2. The number of piperidine rings is 1. The molecule has 1 aliphatic rings. The standard InChI is InChI=1S/C17H26N4O4S2/c1-13-5-7-15(8-6-13)27(23,24)21-10-3-4-14(12-21)16(22)19-20-17(26)18-9-11-25-2/h5-8,14H,3-4,9-12H2,1-2H3,(H,19,22)(H2,18,20,26)/t14-/m0/s1. The maximum absolute atomic E-state index is 12.8. The van der Waals surface area contributed by atoms with E-state index in [9.17, 15) is 13.2 Å². The van der Waals surface area contributed by atoms with Crippen molar-refractivity contribution >= 4 is 33.3 Å². The van der Waals surface area contributed by atoms with Gasteiger partial charge in [0.05, 0.1) is 17.4 Å². The van der Waals surface area contributed by atoms with Crippen LogP contribution in [0, 0.1) is 12.8 Å². The van der Waals surface area contributed by atoms with Gasteiger partial charge in [0, 0.05) is 26.7 Å². The van der Waals surface area contributed by atoms with Gasteiger partial charge in [-0.1, -0.05) is 17.7 Å². The number of hydrazine groups is 1. The molecular formula is C17H26N4O4S2. The number of hydrogen-bond acceptors (Lipinski definition) is 5. The molecule has 1 aromatic carbocycles.